The maximum atomic E-state index is 11.5. The van der Waals surface area contributed by atoms with Gasteiger partial charge in [0.2, 0.25) is 0 Å². The van der Waals surface area contributed by atoms with Gasteiger partial charge in [-0.15, -0.1) is 0 Å². The fraction of sp³-hybridized carbons (Fsp3) is 0.909. The van der Waals surface area contributed by atoms with Crippen molar-refractivity contribution in [2.45, 2.75) is 46.5 Å². The van der Waals surface area contributed by atoms with Crippen LogP contribution in [0.15, 0.2) is 0 Å². The van der Waals surface area contributed by atoms with E-state index in [1.807, 2.05) is 0 Å². The molecule has 0 amide bonds. The molecular weight excluding hydrogens is 148 g/mol. The summed E-state index contributed by atoms with van der Waals surface area (Å²) in [5.74, 6) is 2.12. The lowest BCUT2D eigenvalue weighted by Gasteiger charge is -2.28. The van der Waals surface area contributed by atoms with Crippen LogP contribution in [0.5, 0.6) is 0 Å². The van der Waals surface area contributed by atoms with E-state index in [4.69, 9.17) is 0 Å². The fourth-order valence-corrected chi connectivity index (χ4v) is 2.03. The van der Waals surface area contributed by atoms with E-state index >= 15 is 0 Å². The molecule has 0 aromatic rings. The van der Waals surface area contributed by atoms with Crippen LogP contribution < -0.4 is 0 Å². The largest absolute Gasteiger partial charge is 0.299 e. The van der Waals surface area contributed by atoms with Crippen LogP contribution >= 0.6 is 0 Å². The molecule has 0 saturated heterocycles. The van der Waals surface area contributed by atoms with Crippen molar-refractivity contribution in [3.05, 3.63) is 0 Å². The fourth-order valence-electron chi connectivity index (χ4n) is 2.03. The number of rotatable bonds is 2. The lowest BCUT2D eigenvalue weighted by Crippen LogP contribution is -2.28. The van der Waals surface area contributed by atoms with E-state index < -0.39 is 0 Å². The van der Waals surface area contributed by atoms with Gasteiger partial charge >= 0.3 is 0 Å². The normalized spacial score (nSPS) is 27.7. The number of ketones is 1. The average molecular weight is 168 g/mol. The first-order valence-corrected chi connectivity index (χ1v) is 5.15. The zero-order valence-electron chi connectivity index (χ0n) is 8.47. The number of Topliss-reactive ketones (excluding diaryl/α,β-unsaturated/α-hetero) is 1. The Morgan fingerprint density at radius 2 is 1.92 bits per heavy atom. The van der Waals surface area contributed by atoms with Gasteiger partial charge in [-0.05, 0) is 24.7 Å². The molecule has 1 rings (SSSR count). The van der Waals surface area contributed by atoms with E-state index in [0.29, 0.717) is 23.5 Å². The summed E-state index contributed by atoms with van der Waals surface area (Å²) in [6, 6.07) is 0. The van der Waals surface area contributed by atoms with E-state index in [0.717, 1.165) is 19.3 Å². The molecule has 2 unspecified atom stereocenters. The zero-order chi connectivity index (χ0) is 9.14. The Morgan fingerprint density at radius 3 is 2.42 bits per heavy atom. The van der Waals surface area contributed by atoms with Crippen molar-refractivity contribution in [1.29, 1.82) is 0 Å². The van der Waals surface area contributed by atoms with E-state index in [2.05, 4.69) is 20.8 Å². The second kappa shape index (κ2) is 4.06. The third kappa shape index (κ3) is 2.09. The maximum Gasteiger partial charge on any atom is 0.136 e. The summed E-state index contributed by atoms with van der Waals surface area (Å²) >= 11 is 0. The summed E-state index contributed by atoms with van der Waals surface area (Å²) in [6.07, 6.45) is 4.35. The lowest BCUT2D eigenvalue weighted by atomic mass is 9.75. The Hall–Kier alpha value is -0.330. The summed E-state index contributed by atoms with van der Waals surface area (Å²) in [4.78, 5) is 11.5. The highest BCUT2D eigenvalue weighted by molar-refractivity contribution is 5.81. The molecule has 1 heteroatoms. The highest BCUT2D eigenvalue weighted by Crippen LogP contribution is 2.30. The highest BCUT2D eigenvalue weighted by atomic mass is 16.1. The molecule has 0 spiro atoms. The molecule has 70 valence electrons. The van der Waals surface area contributed by atoms with Crippen LogP contribution in [0.25, 0.3) is 0 Å². The van der Waals surface area contributed by atoms with E-state index in [9.17, 15) is 4.79 Å². The van der Waals surface area contributed by atoms with Gasteiger partial charge in [-0.3, -0.25) is 4.79 Å². The van der Waals surface area contributed by atoms with Gasteiger partial charge in [-0.2, -0.15) is 0 Å². The van der Waals surface area contributed by atoms with E-state index in [-0.39, 0.29) is 0 Å². The molecule has 0 N–H and O–H groups in total. The predicted octanol–water partition coefficient (Wildman–Crippen LogP) is 3.04. The number of hydrogen-bond donors (Lipinski definition) is 0. The molecule has 1 fully saturated rings. The summed E-state index contributed by atoms with van der Waals surface area (Å²) in [7, 11) is 0. The minimum atomic E-state index is 0.374. The van der Waals surface area contributed by atoms with Crippen molar-refractivity contribution in [2.24, 2.45) is 17.8 Å². The quantitative estimate of drug-likeness (QED) is 0.619. The topological polar surface area (TPSA) is 17.1 Å². The molecular formula is C11H20O. The Bertz CT molecular complexity index is 160. The monoisotopic (exact) mass is 168 g/mol. The third-order valence-electron chi connectivity index (χ3n) is 3.29. The molecule has 0 bridgehead atoms. The lowest BCUT2D eigenvalue weighted by molar-refractivity contribution is -0.126. The van der Waals surface area contributed by atoms with Crippen LogP contribution in [-0.4, -0.2) is 5.78 Å². The van der Waals surface area contributed by atoms with Gasteiger partial charge < -0.3 is 0 Å². The van der Waals surface area contributed by atoms with Gasteiger partial charge in [-0.1, -0.05) is 27.2 Å². The summed E-state index contributed by atoms with van der Waals surface area (Å²) < 4.78 is 0. The van der Waals surface area contributed by atoms with Crippen LogP contribution in [0.2, 0.25) is 0 Å². The van der Waals surface area contributed by atoms with Crippen LogP contribution in [0.1, 0.15) is 46.5 Å². The van der Waals surface area contributed by atoms with Crippen molar-refractivity contribution in [2.75, 3.05) is 0 Å². The second-order valence-corrected chi connectivity index (χ2v) is 4.42. The van der Waals surface area contributed by atoms with Crippen molar-refractivity contribution < 1.29 is 4.79 Å². The highest BCUT2D eigenvalue weighted by Gasteiger charge is 2.28. The maximum absolute atomic E-state index is 11.5. The first-order valence-electron chi connectivity index (χ1n) is 5.15. The standard InChI is InChI=1S/C11H20O/c1-8(2)9(3)10-6-4-5-7-11(10)12/h8-10H,4-7H2,1-3H3. The molecule has 1 aliphatic rings. The Labute approximate surface area is 75.5 Å². The van der Waals surface area contributed by atoms with Crippen molar-refractivity contribution in [3.8, 4) is 0 Å². The molecule has 0 aromatic carbocycles. The van der Waals surface area contributed by atoms with Crippen LogP contribution in [0.4, 0.5) is 0 Å². The number of hydrogen-bond acceptors (Lipinski definition) is 1. The second-order valence-electron chi connectivity index (χ2n) is 4.42. The Morgan fingerprint density at radius 1 is 1.25 bits per heavy atom. The molecule has 1 saturated carbocycles. The molecule has 0 radical (unpaired) electrons. The first-order chi connectivity index (χ1) is 5.63. The predicted molar refractivity (Wildman–Crippen MR) is 51.0 cm³/mol. The van der Waals surface area contributed by atoms with E-state index in [1.54, 1.807) is 0 Å². The molecule has 0 aliphatic heterocycles. The molecule has 1 aliphatic carbocycles. The first kappa shape index (κ1) is 9.76. The molecule has 1 nitrogen and oxygen atoms in total. The molecule has 2 atom stereocenters. The van der Waals surface area contributed by atoms with Crippen LogP contribution in [0.3, 0.4) is 0 Å². The van der Waals surface area contributed by atoms with Crippen molar-refractivity contribution in [1.82, 2.24) is 0 Å². The smallest absolute Gasteiger partial charge is 0.136 e. The van der Waals surface area contributed by atoms with Gasteiger partial charge in [0.05, 0.1) is 0 Å². The Kier molecular flexibility index (Phi) is 3.30. The van der Waals surface area contributed by atoms with Crippen LogP contribution in [-0.2, 0) is 4.79 Å². The van der Waals surface area contributed by atoms with Gasteiger partial charge in [0, 0.05) is 12.3 Å². The summed E-state index contributed by atoms with van der Waals surface area (Å²) in [6.45, 7) is 6.65. The summed E-state index contributed by atoms with van der Waals surface area (Å²) in [5, 5.41) is 0. The number of carbonyl (C=O) groups is 1. The minimum absolute atomic E-state index is 0.374. The molecule has 0 heterocycles. The zero-order valence-corrected chi connectivity index (χ0v) is 8.47. The van der Waals surface area contributed by atoms with Gasteiger partial charge in [0.25, 0.3) is 0 Å². The van der Waals surface area contributed by atoms with Gasteiger partial charge in [0.1, 0.15) is 5.78 Å². The number of carbonyl (C=O) groups excluding carboxylic acids is 1. The van der Waals surface area contributed by atoms with Gasteiger partial charge in [-0.25, -0.2) is 0 Å². The molecule has 0 aromatic heterocycles. The average Bonchev–Trinajstić information content (AvgIpc) is 2.04. The summed E-state index contributed by atoms with van der Waals surface area (Å²) in [5.41, 5.74) is 0. The third-order valence-corrected chi connectivity index (χ3v) is 3.29. The van der Waals surface area contributed by atoms with Crippen LogP contribution in [0, 0.1) is 17.8 Å². The Balaban J connectivity index is 2.53. The van der Waals surface area contributed by atoms with E-state index in [1.165, 1.54) is 6.42 Å². The minimum Gasteiger partial charge on any atom is -0.299 e. The van der Waals surface area contributed by atoms with Crippen molar-refractivity contribution in [3.63, 3.8) is 0 Å². The SMILES string of the molecule is CC(C)C(C)C1CCCCC1=O. The molecule has 12 heavy (non-hydrogen) atoms. The van der Waals surface area contributed by atoms with Gasteiger partial charge in [0.15, 0.2) is 0 Å². The van der Waals surface area contributed by atoms with Crippen molar-refractivity contribution >= 4 is 5.78 Å².